The molecule has 0 aliphatic carbocycles. The number of rotatable bonds is 5. The summed E-state index contributed by atoms with van der Waals surface area (Å²) in [7, 11) is 1.74. The van der Waals surface area contributed by atoms with Crippen LogP contribution in [-0.2, 0) is 17.8 Å². The van der Waals surface area contributed by atoms with Crippen molar-refractivity contribution in [2.75, 3.05) is 7.05 Å². The average Bonchev–Trinajstić information content (AvgIpc) is 3.05. The van der Waals surface area contributed by atoms with Gasteiger partial charge in [0, 0.05) is 12.6 Å². The van der Waals surface area contributed by atoms with E-state index in [-0.39, 0.29) is 5.91 Å². The first-order valence-corrected chi connectivity index (χ1v) is 7.79. The van der Waals surface area contributed by atoms with Crippen LogP contribution in [-0.4, -0.2) is 28.0 Å². The molecule has 0 aliphatic heterocycles. The number of amides is 1. The van der Waals surface area contributed by atoms with Crippen LogP contribution in [0.15, 0.2) is 59.1 Å². The molecule has 1 aromatic heterocycles. The van der Waals surface area contributed by atoms with E-state index >= 15 is 0 Å². The van der Waals surface area contributed by atoms with Gasteiger partial charge in [0.2, 0.25) is 17.6 Å². The molecule has 0 radical (unpaired) electrons. The SMILES string of the molecule is Cc1ccc(-c2noc(CN(C)C(=O)Cc3ccccc3)n2)cc1. The van der Waals surface area contributed by atoms with Gasteiger partial charge in [0.25, 0.3) is 0 Å². The van der Waals surface area contributed by atoms with E-state index < -0.39 is 0 Å². The van der Waals surface area contributed by atoms with Crippen LogP contribution in [0.2, 0.25) is 0 Å². The smallest absolute Gasteiger partial charge is 0.246 e. The van der Waals surface area contributed by atoms with Gasteiger partial charge < -0.3 is 9.42 Å². The number of hydrogen-bond donors (Lipinski definition) is 0. The average molecular weight is 321 g/mol. The maximum absolute atomic E-state index is 12.3. The summed E-state index contributed by atoms with van der Waals surface area (Å²) in [5.41, 5.74) is 3.06. The minimum Gasteiger partial charge on any atom is -0.337 e. The second kappa shape index (κ2) is 7.08. The van der Waals surface area contributed by atoms with Crippen LogP contribution >= 0.6 is 0 Å². The van der Waals surface area contributed by atoms with Gasteiger partial charge in [-0.15, -0.1) is 0 Å². The van der Waals surface area contributed by atoms with Crippen LogP contribution in [0, 0.1) is 6.92 Å². The molecule has 0 atom stereocenters. The summed E-state index contributed by atoms with van der Waals surface area (Å²) in [5, 5.41) is 3.99. The Hall–Kier alpha value is -2.95. The largest absolute Gasteiger partial charge is 0.337 e. The van der Waals surface area contributed by atoms with Crippen molar-refractivity contribution in [3.05, 3.63) is 71.6 Å². The van der Waals surface area contributed by atoms with Gasteiger partial charge in [0.15, 0.2) is 0 Å². The molecule has 0 unspecified atom stereocenters. The summed E-state index contributed by atoms with van der Waals surface area (Å²) < 4.78 is 5.27. The molecule has 0 spiro atoms. The zero-order valence-electron chi connectivity index (χ0n) is 13.8. The molecule has 2 aromatic carbocycles. The van der Waals surface area contributed by atoms with Gasteiger partial charge in [-0.25, -0.2) is 0 Å². The van der Waals surface area contributed by atoms with Crippen LogP contribution in [0.4, 0.5) is 0 Å². The Morgan fingerprint density at radius 1 is 1.08 bits per heavy atom. The molecule has 0 saturated heterocycles. The molecule has 0 N–H and O–H groups in total. The van der Waals surface area contributed by atoms with Crippen LogP contribution in [0.5, 0.6) is 0 Å². The number of carbonyl (C=O) groups is 1. The predicted octanol–water partition coefficient (Wildman–Crippen LogP) is 3.25. The highest BCUT2D eigenvalue weighted by Gasteiger charge is 2.15. The van der Waals surface area contributed by atoms with E-state index in [0.29, 0.717) is 24.7 Å². The van der Waals surface area contributed by atoms with Gasteiger partial charge in [-0.2, -0.15) is 4.98 Å². The number of aryl methyl sites for hydroxylation is 1. The van der Waals surface area contributed by atoms with E-state index in [2.05, 4.69) is 10.1 Å². The lowest BCUT2D eigenvalue weighted by molar-refractivity contribution is -0.130. The van der Waals surface area contributed by atoms with E-state index in [1.165, 1.54) is 5.56 Å². The van der Waals surface area contributed by atoms with Gasteiger partial charge in [-0.3, -0.25) is 4.79 Å². The predicted molar refractivity (Wildman–Crippen MR) is 91.1 cm³/mol. The quantitative estimate of drug-likeness (QED) is 0.724. The third-order valence-corrected chi connectivity index (χ3v) is 3.77. The molecule has 3 aromatic rings. The van der Waals surface area contributed by atoms with Crippen molar-refractivity contribution in [1.29, 1.82) is 0 Å². The minimum absolute atomic E-state index is 0.0104. The molecule has 3 rings (SSSR count). The molecule has 0 aliphatic rings. The minimum atomic E-state index is 0.0104. The first-order chi connectivity index (χ1) is 11.6. The van der Waals surface area contributed by atoms with Gasteiger partial charge in [-0.1, -0.05) is 65.3 Å². The molecule has 0 bridgehead atoms. The van der Waals surface area contributed by atoms with Crippen molar-refractivity contribution >= 4 is 5.91 Å². The lowest BCUT2D eigenvalue weighted by Crippen LogP contribution is -2.27. The molecule has 24 heavy (non-hydrogen) atoms. The molecular formula is C19H19N3O2. The van der Waals surface area contributed by atoms with Crippen molar-refractivity contribution in [2.45, 2.75) is 19.9 Å². The summed E-state index contributed by atoms with van der Waals surface area (Å²) in [6, 6.07) is 17.6. The lowest BCUT2D eigenvalue weighted by Gasteiger charge is -2.14. The lowest BCUT2D eigenvalue weighted by atomic mass is 10.1. The summed E-state index contributed by atoms with van der Waals surface area (Å²) in [5.74, 6) is 0.972. The van der Waals surface area contributed by atoms with Crippen molar-refractivity contribution < 1.29 is 9.32 Å². The Kier molecular flexibility index (Phi) is 4.70. The van der Waals surface area contributed by atoms with E-state index in [4.69, 9.17) is 4.52 Å². The van der Waals surface area contributed by atoms with Gasteiger partial charge >= 0.3 is 0 Å². The first-order valence-electron chi connectivity index (χ1n) is 7.79. The van der Waals surface area contributed by atoms with Crippen LogP contribution < -0.4 is 0 Å². The van der Waals surface area contributed by atoms with Crippen molar-refractivity contribution in [2.24, 2.45) is 0 Å². The fourth-order valence-corrected chi connectivity index (χ4v) is 2.34. The highest BCUT2D eigenvalue weighted by Crippen LogP contribution is 2.17. The molecule has 5 nitrogen and oxygen atoms in total. The molecule has 1 heterocycles. The Morgan fingerprint density at radius 3 is 2.50 bits per heavy atom. The summed E-state index contributed by atoms with van der Waals surface area (Å²) in [4.78, 5) is 18.2. The Bertz CT molecular complexity index is 810. The second-order valence-corrected chi connectivity index (χ2v) is 5.79. The fourth-order valence-electron chi connectivity index (χ4n) is 2.34. The van der Waals surface area contributed by atoms with Gasteiger partial charge in [0.1, 0.15) is 0 Å². The summed E-state index contributed by atoms with van der Waals surface area (Å²) >= 11 is 0. The van der Waals surface area contributed by atoms with Crippen molar-refractivity contribution in [3.63, 3.8) is 0 Å². The first kappa shape index (κ1) is 15.9. The van der Waals surface area contributed by atoms with Crippen LogP contribution in [0.3, 0.4) is 0 Å². The van der Waals surface area contributed by atoms with E-state index in [9.17, 15) is 4.79 Å². The monoisotopic (exact) mass is 321 g/mol. The van der Waals surface area contributed by atoms with Crippen molar-refractivity contribution in [1.82, 2.24) is 15.0 Å². The molecule has 0 saturated carbocycles. The number of likely N-dealkylation sites (N-methyl/N-ethyl adjacent to an activating group) is 1. The zero-order chi connectivity index (χ0) is 16.9. The molecule has 1 amide bonds. The zero-order valence-corrected chi connectivity index (χ0v) is 13.8. The number of benzene rings is 2. The molecule has 0 fully saturated rings. The Labute approximate surface area is 140 Å². The third-order valence-electron chi connectivity index (χ3n) is 3.77. The van der Waals surface area contributed by atoms with E-state index in [0.717, 1.165) is 11.1 Å². The van der Waals surface area contributed by atoms with Crippen molar-refractivity contribution in [3.8, 4) is 11.4 Å². The highest BCUT2D eigenvalue weighted by molar-refractivity contribution is 5.78. The number of carbonyl (C=O) groups excluding carboxylic acids is 1. The number of nitrogens with zero attached hydrogens (tertiary/aromatic N) is 3. The standard InChI is InChI=1S/C19H19N3O2/c1-14-8-10-16(11-9-14)19-20-17(24-21-19)13-22(2)18(23)12-15-6-4-3-5-7-15/h3-11H,12-13H2,1-2H3. The van der Waals surface area contributed by atoms with E-state index in [1.54, 1.807) is 11.9 Å². The fraction of sp³-hybridized carbons (Fsp3) is 0.211. The maximum Gasteiger partial charge on any atom is 0.246 e. The Morgan fingerprint density at radius 2 is 1.79 bits per heavy atom. The summed E-state index contributed by atoms with van der Waals surface area (Å²) in [6.07, 6.45) is 0.357. The highest BCUT2D eigenvalue weighted by atomic mass is 16.5. The Balaban J connectivity index is 1.63. The van der Waals surface area contributed by atoms with Crippen LogP contribution in [0.25, 0.3) is 11.4 Å². The molecular weight excluding hydrogens is 302 g/mol. The molecule has 5 heteroatoms. The molecule has 122 valence electrons. The second-order valence-electron chi connectivity index (χ2n) is 5.79. The normalized spacial score (nSPS) is 10.6. The topological polar surface area (TPSA) is 59.2 Å². The van der Waals surface area contributed by atoms with Gasteiger partial charge in [-0.05, 0) is 12.5 Å². The number of hydrogen-bond acceptors (Lipinski definition) is 4. The van der Waals surface area contributed by atoms with E-state index in [1.807, 2.05) is 61.5 Å². The maximum atomic E-state index is 12.3. The third kappa shape index (κ3) is 3.87. The van der Waals surface area contributed by atoms with Gasteiger partial charge in [0.05, 0.1) is 13.0 Å². The van der Waals surface area contributed by atoms with Crippen LogP contribution in [0.1, 0.15) is 17.0 Å². The summed E-state index contributed by atoms with van der Waals surface area (Å²) in [6.45, 7) is 2.32. The number of aromatic nitrogens is 2.